The molecule has 3 nitrogen and oxygen atoms in total. The standard InChI is InChI=1S/C20H15NO2S/c22-13-17-19(14-7-3-1-4-8-14)16-11-12-18(23)21(20(16)24-17)15-9-5-2-6-10-15/h1-12,22H,13H2. The average molecular weight is 333 g/mol. The number of hydrogen-bond acceptors (Lipinski definition) is 3. The van der Waals surface area contributed by atoms with Crippen LogP contribution >= 0.6 is 11.3 Å². The Bertz CT molecular complexity index is 1050. The van der Waals surface area contributed by atoms with Crippen molar-refractivity contribution in [3.05, 3.63) is 88.0 Å². The van der Waals surface area contributed by atoms with Crippen molar-refractivity contribution in [2.75, 3.05) is 0 Å². The van der Waals surface area contributed by atoms with Crippen molar-refractivity contribution in [1.29, 1.82) is 0 Å². The molecular formula is C20H15NO2S. The molecule has 24 heavy (non-hydrogen) atoms. The summed E-state index contributed by atoms with van der Waals surface area (Å²) < 4.78 is 1.71. The molecule has 0 radical (unpaired) electrons. The Morgan fingerprint density at radius 1 is 0.875 bits per heavy atom. The van der Waals surface area contributed by atoms with Crippen molar-refractivity contribution in [2.24, 2.45) is 0 Å². The van der Waals surface area contributed by atoms with Crippen LogP contribution in [0, 0.1) is 0 Å². The Balaban J connectivity index is 2.09. The van der Waals surface area contributed by atoms with Crippen molar-refractivity contribution in [3.8, 4) is 16.8 Å². The minimum atomic E-state index is -0.0703. The molecule has 0 bridgehead atoms. The van der Waals surface area contributed by atoms with Crippen LogP contribution in [-0.4, -0.2) is 9.67 Å². The molecule has 0 atom stereocenters. The molecule has 0 aliphatic rings. The van der Waals surface area contributed by atoms with Crippen molar-refractivity contribution in [2.45, 2.75) is 6.61 Å². The maximum Gasteiger partial charge on any atom is 0.256 e. The molecule has 0 amide bonds. The maximum atomic E-state index is 12.5. The van der Waals surface area contributed by atoms with Gasteiger partial charge in [0.15, 0.2) is 0 Å². The zero-order valence-corrected chi connectivity index (χ0v) is 13.7. The lowest BCUT2D eigenvalue weighted by atomic mass is 10.0. The van der Waals surface area contributed by atoms with E-state index in [-0.39, 0.29) is 12.2 Å². The number of para-hydroxylation sites is 1. The van der Waals surface area contributed by atoms with Gasteiger partial charge in [0.05, 0.1) is 12.3 Å². The first-order chi connectivity index (χ1) is 11.8. The molecule has 0 aliphatic carbocycles. The lowest BCUT2D eigenvalue weighted by Crippen LogP contribution is -2.16. The van der Waals surface area contributed by atoms with E-state index in [1.54, 1.807) is 10.6 Å². The Labute approximate surface area is 143 Å². The summed E-state index contributed by atoms with van der Waals surface area (Å²) in [5.41, 5.74) is 2.81. The van der Waals surface area contributed by atoms with Gasteiger partial charge in [-0.25, -0.2) is 0 Å². The van der Waals surface area contributed by atoms with E-state index in [1.807, 2.05) is 66.7 Å². The number of aliphatic hydroxyl groups is 1. The van der Waals surface area contributed by atoms with Crippen LogP contribution < -0.4 is 5.56 Å². The van der Waals surface area contributed by atoms with Gasteiger partial charge in [0.2, 0.25) is 0 Å². The molecule has 2 aromatic heterocycles. The summed E-state index contributed by atoms with van der Waals surface area (Å²) in [5, 5.41) is 10.8. The second kappa shape index (κ2) is 6.07. The highest BCUT2D eigenvalue weighted by atomic mass is 32.1. The summed E-state index contributed by atoms with van der Waals surface area (Å²) in [6.45, 7) is -0.0491. The monoisotopic (exact) mass is 333 g/mol. The molecule has 0 unspecified atom stereocenters. The molecule has 0 spiro atoms. The van der Waals surface area contributed by atoms with Crippen LogP contribution in [0.4, 0.5) is 0 Å². The third-order valence-corrected chi connectivity index (χ3v) is 5.21. The van der Waals surface area contributed by atoms with Crippen molar-refractivity contribution in [3.63, 3.8) is 0 Å². The summed E-state index contributed by atoms with van der Waals surface area (Å²) in [6.07, 6.45) is 0. The van der Waals surface area contributed by atoms with Gasteiger partial charge >= 0.3 is 0 Å². The maximum absolute atomic E-state index is 12.5. The van der Waals surface area contributed by atoms with Crippen molar-refractivity contribution < 1.29 is 5.11 Å². The highest BCUT2D eigenvalue weighted by Crippen LogP contribution is 2.38. The second-order valence-electron chi connectivity index (χ2n) is 5.49. The lowest BCUT2D eigenvalue weighted by molar-refractivity contribution is 0.286. The second-order valence-corrected chi connectivity index (χ2v) is 6.57. The van der Waals surface area contributed by atoms with E-state index >= 15 is 0 Å². The van der Waals surface area contributed by atoms with Gasteiger partial charge in [-0.1, -0.05) is 48.5 Å². The number of thiophene rings is 1. The number of rotatable bonds is 3. The highest BCUT2D eigenvalue weighted by Gasteiger charge is 2.17. The number of aliphatic hydroxyl groups excluding tert-OH is 1. The molecule has 1 N–H and O–H groups in total. The molecule has 0 saturated heterocycles. The number of aromatic nitrogens is 1. The van der Waals surface area contributed by atoms with Gasteiger partial charge in [0, 0.05) is 21.9 Å². The van der Waals surface area contributed by atoms with Crippen LogP contribution in [-0.2, 0) is 6.61 Å². The van der Waals surface area contributed by atoms with E-state index in [1.165, 1.54) is 11.3 Å². The minimum Gasteiger partial charge on any atom is -0.391 e. The van der Waals surface area contributed by atoms with Gasteiger partial charge in [-0.3, -0.25) is 9.36 Å². The topological polar surface area (TPSA) is 42.2 Å². The van der Waals surface area contributed by atoms with Gasteiger partial charge in [-0.15, -0.1) is 11.3 Å². The number of fused-ring (bicyclic) bond motifs is 1. The molecule has 2 aromatic carbocycles. The molecular weight excluding hydrogens is 318 g/mol. The van der Waals surface area contributed by atoms with Gasteiger partial charge in [0.1, 0.15) is 4.83 Å². The Morgan fingerprint density at radius 3 is 2.21 bits per heavy atom. The smallest absolute Gasteiger partial charge is 0.256 e. The summed E-state index contributed by atoms with van der Waals surface area (Å²) >= 11 is 1.47. The van der Waals surface area contributed by atoms with Crippen LogP contribution in [0.2, 0.25) is 0 Å². The van der Waals surface area contributed by atoms with E-state index < -0.39 is 0 Å². The van der Waals surface area contributed by atoms with E-state index in [0.717, 1.165) is 31.9 Å². The van der Waals surface area contributed by atoms with Gasteiger partial charge in [-0.2, -0.15) is 0 Å². The molecule has 0 aliphatic heterocycles. The summed E-state index contributed by atoms with van der Waals surface area (Å²) in [5.74, 6) is 0. The first kappa shape index (κ1) is 14.9. The van der Waals surface area contributed by atoms with Gasteiger partial charge in [-0.05, 0) is 23.8 Å². The SMILES string of the molecule is O=c1ccc2c(-c3ccccc3)c(CO)sc2n1-c1ccccc1. The summed E-state index contributed by atoms with van der Waals surface area (Å²) in [6, 6.07) is 23.0. The van der Waals surface area contributed by atoms with Crippen molar-refractivity contribution >= 4 is 21.6 Å². The Morgan fingerprint density at radius 2 is 1.54 bits per heavy atom. The predicted molar refractivity (Wildman–Crippen MR) is 98.8 cm³/mol. The van der Waals surface area contributed by atoms with Crippen molar-refractivity contribution in [1.82, 2.24) is 4.57 Å². The number of nitrogens with zero attached hydrogens (tertiary/aromatic N) is 1. The molecule has 4 aromatic rings. The van der Waals surface area contributed by atoms with Crippen LogP contribution in [0.5, 0.6) is 0 Å². The fourth-order valence-electron chi connectivity index (χ4n) is 2.98. The summed E-state index contributed by atoms with van der Waals surface area (Å²) in [4.78, 5) is 14.2. The van der Waals surface area contributed by atoms with Gasteiger partial charge in [0.25, 0.3) is 5.56 Å². The van der Waals surface area contributed by atoms with Crippen LogP contribution in [0.15, 0.2) is 77.6 Å². The minimum absolute atomic E-state index is 0.0491. The zero-order valence-electron chi connectivity index (χ0n) is 12.8. The first-order valence-corrected chi connectivity index (χ1v) is 8.50. The number of benzene rings is 2. The third-order valence-electron chi connectivity index (χ3n) is 4.03. The highest BCUT2D eigenvalue weighted by molar-refractivity contribution is 7.19. The molecule has 2 heterocycles. The van der Waals surface area contributed by atoms with Gasteiger partial charge < -0.3 is 5.11 Å². The average Bonchev–Trinajstić information content (AvgIpc) is 3.01. The lowest BCUT2D eigenvalue weighted by Gasteiger charge is -2.07. The van der Waals surface area contributed by atoms with Crippen LogP contribution in [0.1, 0.15) is 4.88 Å². The summed E-state index contributed by atoms with van der Waals surface area (Å²) in [7, 11) is 0. The zero-order chi connectivity index (χ0) is 16.5. The first-order valence-electron chi connectivity index (χ1n) is 7.69. The van der Waals surface area contributed by atoms with E-state index in [9.17, 15) is 9.90 Å². The normalized spacial score (nSPS) is 11.0. The van der Waals surface area contributed by atoms with Crippen LogP contribution in [0.25, 0.3) is 27.0 Å². The fourth-order valence-corrected chi connectivity index (χ4v) is 4.18. The molecule has 118 valence electrons. The molecule has 0 fully saturated rings. The number of hydrogen-bond donors (Lipinski definition) is 1. The predicted octanol–water partition coefficient (Wildman–Crippen LogP) is 4.21. The van der Waals surface area contributed by atoms with E-state index in [0.29, 0.717) is 0 Å². The largest absolute Gasteiger partial charge is 0.391 e. The van der Waals surface area contributed by atoms with E-state index in [4.69, 9.17) is 0 Å². The third kappa shape index (κ3) is 2.37. The van der Waals surface area contributed by atoms with Crippen LogP contribution in [0.3, 0.4) is 0 Å². The van der Waals surface area contributed by atoms with E-state index in [2.05, 4.69) is 0 Å². The Hall–Kier alpha value is -2.69. The fraction of sp³-hybridized carbons (Fsp3) is 0.0500. The number of pyridine rings is 1. The Kier molecular flexibility index (Phi) is 3.76. The molecule has 0 saturated carbocycles. The molecule has 4 rings (SSSR count). The quantitative estimate of drug-likeness (QED) is 0.610. The molecule has 4 heteroatoms.